The number of halogens is 1. The summed E-state index contributed by atoms with van der Waals surface area (Å²) < 4.78 is 3.15. The zero-order valence-electron chi connectivity index (χ0n) is 20.4. The van der Waals surface area contributed by atoms with Gasteiger partial charge in [0.15, 0.2) is 5.78 Å². The maximum absolute atomic E-state index is 13.2. The van der Waals surface area contributed by atoms with Crippen LogP contribution < -0.4 is 10.9 Å². The average Bonchev–Trinajstić information content (AvgIpc) is 3.49. The number of nitriles is 1. The van der Waals surface area contributed by atoms with Crippen molar-refractivity contribution in [3.05, 3.63) is 85.7 Å². The van der Waals surface area contributed by atoms with Gasteiger partial charge in [0.2, 0.25) is 0 Å². The van der Waals surface area contributed by atoms with Gasteiger partial charge in [-0.05, 0) is 24.3 Å². The van der Waals surface area contributed by atoms with Crippen LogP contribution in [0.3, 0.4) is 0 Å². The highest BCUT2D eigenvalue weighted by atomic mass is 35.5. The minimum atomic E-state index is -0.736. The lowest BCUT2D eigenvalue weighted by Crippen LogP contribution is -2.29. The molecule has 0 fully saturated rings. The lowest BCUT2D eigenvalue weighted by atomic mass is 9.96. The standard InChI is InChI=1S/C26H23ClN6O3S/c1-26(2,3)25(36)33-23(30-13-18-4-5-22(27)37-18)11-20(31-33)19-14-32(24(35)10-17(19)12-28)15-21(34)16-6-8-29-9-7-16/h4-11,14,30H,13,15H2,1-3H3. The number of carbonyl (C=O) groups excluding carboxylic acids is 2. The zero-order chi connectivity index (χ0) is 26.7. The topological polar surface area (TPSA) is 123 Å². The first kappa shape index (κ1) is 26.0. The third kappa shape index (κ3) is 5.85. The van der Waals surface area contributed by atoms with Crippen LogP contribution in [0.1, 0.15) is 46.4 Å². The predicted octanol–water partition coefficient (Wildman–Crippen LogP) is 4.87. The molecule has 0 aromatic carbocycles. The first-order chi connectivity index (χ1) is 17.6. The fraction of sp³-hybridized carbons (Fsp3) is 0.231. The van der Waals surface area contributed by atoms with Crippen molar-refractivity contribution in [1.82, 2.24) is 19.3 Å². The van der Waals surface area contributed by atoms with Crippen LogP contribution >= 0.6 is 22.9 Å². The summed E-state index contributed by atoms with van der Waals surface area (Å²) >= 11 is 7.45. The largest absolute Gasteiger partial charge is 0.365 e. The molecule has 1 N–H and O–H groups in total. The number of ketones is 1. The van der Waals surface area contributed by atoms with Crippen LogP contribution in [0.15, 0.2) is 59.8 Å². The highest BCUT2D eigenvalue weighted by molar-refractivity contribution is 7.16. The highest BCUT2D eigenvalue weighted by Gasteiger charge is 2.27. The maximum atomic E-state index is 13.2. The Bertz CT molecular complexity index is 1570. The molecule has 0 aliphatic heterocycles. The molecule has 0 saturated heterocycles. The van der Waals surface area contributed by atoms with Gasteiger partial charge < -0.3 is 9.88 Å². The van der Waals surface area contributed by atoms with Gasteiger partial charge in [0, 0.05) is 52.1 Å². The summed E-state index contributed by atoms with van der Waals surface area (Å²) in [6, 6.07) is 11.6. The van der Waals surface area contributed by atoms with E-state index in [1.807, 2.05) is 12.1 Å². The van der Waals surface area contributed by atoms with Crippen molar-refractivity contribution in [3.8, 4) is 17.3 Å². The molecule has 37 heavy (non-hydrogen) atoms. The van der Waals surface area contributed by atoms with E-state index in [9.17, 15) is 19.6 Å². The maximum Gasteiger partial charge on any atom is 0.254 e. The van der Waals surface area contributed by atoms with Gasteiger partial charge >= 0.3 is 0 Å². The van der Waals surface area contributed by atoms with Crippen molar-refractivity contribution in [3.63, 3.8) is 0 Å². The lowest BCUT2D eigenvalue weighted by molar-refractivity contribution is 0.0752. The molecule has 0 spiro atoms. The number of nitrogens with zero attached hydrogens (tertiary/aromatic N) is 5. The van der Waals surface area contributed by atoms with Gasteiger partial charge in [-0.15, -0.1) is 11.3 Å². The van der Waals surface area contributed by atoms with Crippen molar-refractivity contribution in [2.75, 3.05) is 5.32 Å². The number of aromatic nitrogens is 4. The second-order valence-corrected chi connectivity index (χ2v) is 11.1. The van der Waals surface area contributed by atoms with Crippen LogP contribution in [-0.4, -0.2) is 31.0 Å². The molecule has 4 aromatic rings. The Morgan fingerprint density at radius 1 is 1.16 bits per heavy atom. The molecular formula is C26H23ClN6O3S. The number of anilines is 1. The normalized spacial score (nSPS) is 11.2. The van der Waals surface area contributed by atoms with E-state index in [0.717, 1.165) is 4.88 Å². The second kappa shape index (κ2) is 10.5. The molecule has 4 heterocycles. The Kier molecular flexibility index (Phi) is 7.38. The third-order valence-corrected chi connectivity index (χ3v) is 6.69. The van der Waals surface area contributed by atoms with Crippen LogP contribution in [0, 0.1) is 16.7 Å². The van der Waals surface area contributed by atoms with Gasteiger partial charge in [0.05, 0.1) is 28.7 Å². The Morgan fingerprint density at radius 3 is 2.51 bits per heavy atom. The van der Waals surface area contributed by atoms with Crippen LogP contribution in [-0.2, 0) is 13.1 Å². The number of rotatable bonds is 7. The molecule has 0 aliphatic rings. The number of hydrogen-bond donors (Lipinski definition) is 1. The van der Waals surface area contributed by atoms with E-state index in [0.29, 0.717) is 33.5 Å². The second-order valence-electron chi connectivity index (χ2n) is 9.28. The van der Waals surface area contributed by atoms with E-state index in [1.54, 1.807) is 45.0 Å². The zero-order valence-corrected chi connectivity index (χ0v) is 21.9. The molecule has 0 amide bonds. The minimum absolute atomic E-state index is 0.0852. The van der Waals surface area contributed by atoms with E-state index < -0.39 is 11.0 Å². The van der Waals surface area contributed by atoms with Gasteiger partial charge in [0.25, 0.3) is 11.5 Å². The molecule has 0 saturated carbocycles. The molecule has 0 bridgehead atoms. The number of nitrogens with one attached hydrogen (secondary N) is 1. The first-order valence-electron chi connectivity index (χ1n) is 11.3. The number of carbonyl (C=O) groups is 2. The lowest BCUT2D eigenvalue weighted by Gasteiger charge is -2.18. The van der Waals surface area contributed by atoms with Crippen molar-refractivity contribution in [2.24, 2.45) is 5.41 Å². The molecule has 188 valence electrons. The van der Waals surface area contributed by atoms with Crippen molar-refractivity contribution >= 4 is 40.4 Å². The Morgan fingerprint density at radius 2 is 1.89 bits per heavy atom. The van der Waals surface area contributed by atoms with Crippen LogP contribution in [0.25, 0.3) is 11.3 Å². The number of thiophene rings is 1. The molecule has 4 rings (SSSR count). The van der Waals surface area contributed by atoms with E-state index >= 15 is 0 Å². The van der Waals surface area contributed by atoms with E-state index in [1.165, 1.54) is 45.2 Å². The molecule has 9 nitrogen and oxygen atoms in total. The molecule has 0 radical (unpaired) electrons. The number of Topliss-reactive ketones (excluding diaryl/α,β-unsaturated/α-hetero) is 1. The van der Waals surface area contributed by atoms with Gasteiger partial charge in [-0.2, -0.15) is 15.0 Å². The third-order valence-electron chi connectivity index (χ3n) is 5.45. The molecule has 0 atom stereocenters. The SMILES string of the molecule is CC(C)(C)C(=O)n1nc(-c2cn(CC(=O)c3ccncc3)c(=O)cc2C#N)cc1NCc1ccc(Cl)s1. The average molecular weight is 535 g/mol. The fourth-order valence-electron chi connectivity index (χ4n) is 3.51. The van der Waals surface area contributed by atoms with Crippen LogP contribution in [0.4, 0.5) is 5.82 Å². The van der Waals surface area contributed by atoms with Crippen molar-refractivity contribution in [2.45, 2.75) is 33.9 Å². The molecule has 4 aromatic heterocycles. The number of pyridine rings is 2. The molecule has 0 aliphatic carbocycles. The van der Waals surface area contributed by atoms with Crippen molar-refractivity contribution < 1.29 is 9.59 Å². The summed E-state index contributed by atoms with van der Waals surface area (Å²) in [6.07, 6.45) is 4.42. The first-order valence-corrected chi connectivity index (χ1v) is 12.5. The van der Waals surface area contributed by atoms with E-state index in [4.69, 9.17) is 11.6 Å². The monoisotopic (exact) mass is 534 g/mol. The van der Waals surface area contributed by atoms with Gasteiger partial charge in [-0.1, -0.05) is 32.4 Å². The van der Waals surface area contributed by atoms with Gasteiger partial charge in [-0.3, -0.25) is 19.4 Å². The highest BCUT2D eigenvalue weighted by Crippen LogP contribution is 2.28. The predicted molar refractivity (Wildman–Crippen MR) is 142 cm³/mol. The molecular weight excluding hydrogens is 512 g/mol. The summed E-state index contributed by atoms with van der Waals surface area (Å²) in [5.74, 6) is -0.121. The molecule has 0 unspecified atom stereocenters. The Labute approximate surface area is 222 Å². The van der Waals surface area contributed by atoms with E-state index in [2.05, 4.69) is 15.4 Å². The summed E-state index contributed by atoms with van der Waals surface area (Å²) in [5, 5.41) is 17.5. The summed E-state index contributed by atoms with van der Waals surface area (Å²) in [6.45, 7) is 5.53. The van der Waals surface area contributed by atoms with Gasteiger partial charge in [-0.25, -0.2) is 0 Å². The quantitative estimate of drug-likeness (QED) is 0.335. The Balaban J connectivity index is 1.75. The van der Waals surface area contributed by atoms with E-state index in [-0.39, 0.29) is 23.8 Å². The minimum Gasteiger partial charge on any atom is -0.365 e. The van der Waals surface area contributed by atoms with Gasteiger partial charge in [0.1, 0.15) is 11.9 Å². The summed E-state index contributed by atoms with van der Waals surface area (Å²) in [7, 11) is 0. The van der Waals surface area contributed by atoms with Crippen LogP contribution in [0.2, 0.25) is 4.34 Å². The smallest absolute Gasteiger partial charge is 0.254 e. The summed E-state index contributed by atoms with van der Waals surface area (Å²) in [4.78, 5) is 43.4. The van der Waals surface area contributed by atoms with Crippen molar-refractivity contribution in [1.29, 1.82) is 5.26 Å². The molecule has 11 heteroatoms. The summed E-state index contributed by atoms with van der Waals surface area (Å²) in [5.41, 5.74) is -0.103. The number of hydrogen-bond acceptors (Lipinski definition) is 8. The van der Waals surface area contributed by atoms with Crippen LogP contribution in [0.5, 0.6) is 0 Å². The fourth-order valence-corrected chi connectivity index (χ4v) is 4.54. The Hall–Kier alpha value is -4.07.